The Kier molecular flexibility index (Phi) is 3.33. The minimum absolute atomic E-state index is 0.818. The zero-order valence-electron chi connectivity index (χ0n) is 9.31. The van der Waals surface area contributed by atoms with Gasteiger partial charge in [0.1, 0.15) is 10.4 Å². The van der Waals surface area contributed by atoms with Gasteiger partial charge < -0.3 is 0 Å². The molecule has 2 heterocycles. The minimum Gasteiger partial charge on any atom is -0.264 e. The number of aromatic nitrogens is 4. The standard InChI is InChI=1S/C11H13BrN4/c1-3-11-14-8(7-10(12)15-11)9-5-6-13-16(9)4-2/h5-7H,3-4H2,1-2H3. The van der Waals surface area contributed by atoms with Crippen LogP contribution in [0.1, 0.15) is 19.7 Å². The molecular formula is C11H13BrN4. The molecule has 0 saturated heterocycles. The van der Waals surface area contributed by atoms with Crippen molar-refractivity contribution in [3.05, 3.63) is 28.8 Å². The van der Waals surface area contributed by atoms with Crippen LogP contribution < -0.4 is 0 Å². The minimum atomic E-state index is 0.818. The van der Waals surface area contributed by atoms with Crippen LogP contribution in [0.25, 0.3) is 11.4 Å². The Morgan fingerprint density at radius 2 is 2.12 bits per heavy atom. The van der Waals surface area contributed by atoms with E-state index in [0.29, 0.717) is 0 Å². The van der Waals surface area contributed by atoms with Gasteiger partial charge in [0.15, 0.2) is 0 Å². The van der Waals surface area contributed by atoms with Crippen LogP contribution in [0, 0.1) is 0 Å². The van der Waals surface area contributed by atoms with E-state index in [9.17, 15) is 0 Å². The van der Waals surface area contributed by atoms with Gasteiger partial charge in [-0.3, -0.25) is 4.68 Å². The van der Waals surface area contributed by atoms with Gasteiger partial charge in [0, 0.05) is 19.2 Å². The molecular weight excluding hydrogens is 268 g/mol. The number of aryl methyl sites for hydroxylation is 2. The summed E-state index contributed by atoms with van der Waals surface area (Å²) in [6.07, 6.45) is 2.62. The molecule has 0 saturated carbocycles. The number of hydrogen-bond acceptors (Lipinski definition) is 3. The summed E-state index contributed by atoms with van der Waals surface area (Å²) < 4.78 is 2.74. The Bertz CT molecular complexity index is 492. The van der Waals surface area contributed by atoms with Gasteiger partial charge in [0.2, 0.25) is 0 Å². The maximum atomic E-state index is 4.50. The highest BCUT2D eigenvalue weighted by Crippen LogP contribution is 2.20. The van der Waals surface area contributed by atoms with Crippen LogP contribution in [-0.4, -0.2) is 19.7 Å². The Labute approximate surface area is 103 Å². The molecule has 0 spiro atoms. The van der Waals surface area contributed by atoms with Crippen molar-refractivity contribution in [1.29, 1.82) is 0 Å². The van der Waals surface area contributed by atoms with Gasteiger partial charge in [-0.2, -0.15) is 5.10 Å². The van der Waals surface area contributed by atoms with Crippen molar-refractivity contribution in [3.8, 4) is 11.4 Å². The average molecular weight is 281 g/mol. The van der Waals surface area contributed by atoms with Gasteiger partial charge >= 0.3 is 0 Å². The quantitative estimate of drug-likeness (QED) is 0.812. The third-order valence-electron chi connectivity index (χ3n) is 2.34. The Hall–Kier alpha value is -1.23. The largest absolute Gasteiger partial charge is 0.264 e. The van der Waals surface area contributed by atoms with Gasteiger partial charge in [0.25, 0.3) is 0 Å². The molecule has 0 aromatic carbocycles. The van der Waals surface area contributed by atoms with Crippen LogP contribution in [-0.2, 0) is 13.0 Å². The fourth-order valence-electron chi connectivity index (χ4n) is 1.56. The zero-order valence-corrected chi connectivity index (χ0v) is 10.9. The van der Waals surface area contributed by atoms with E-state index >= 15 is 0 Å². The number of halogens is 1. The molecule has 0 amide bonds. The van der Waals surface area contributed by atoms with E-state index in [1.165, 1.54) is 0 Å². The number of rotatable bonds is 3. The van der Waals surface area contributed by atoms with Gasteiger partial charge in [-0.15, -0.1) is 0 Å². The molecule has 0 N–H and O–H groups in total. The second-order valence-electron chi connectivity index (χ2n) is 3.38. The van der Waals surface area contributed by atoms with Crippen LogP contribution in [0.5, 0.6) is 0 Å². The lowest BCUT2D eigenvalue weighted by Crippen LogP contribution is -2.02. The summed E-state index contributed by atoms with van der Waals surface area (Å²) in [6.45, 7) is 4.95. The van der Waals surface area contributed by atoms with E-state index in [4.69, 9.17) is 0 Å². The van der Waals surface area contributed by atoms with Gasteiger partial charge in [-0.1, -0.05) is 6.92 Å². The number of nitrogens with zero attached hydrogens (tertiary/aromatic N) is 4. The van der Waals surface area contributed by atoms with Crippen molar-refractivity contribution >= 4 is 15.9 Å². The molecule has 0 atom stereocenters. The summed E-state index contributed by atoms with van der Waals surface area (Å²) in [6, 6.07) is 3.89. The van der Waals surface area contributed by atoms with Crippen molar-refractivity contribution in [3.63, 3.8) is 0 Å². The fraction of sp³-hybridized carbons (Fsp3) is 0.364. The number of hydrogen-bond donors (Lipinski definition) is 0. The van der Waals surface area contributed by atoms with E-state index in [0.717, 1.165) is 34.8 Å². The highest BCUT2D eigenvalue weighted by molar-refractivity contribution is 9.10. The SMILES string of the molecule is CCc1nc(Br)cc(-c2ccnn2CC)n1. The first kappa shape index (κ1) is 11.3. The second-order valence-corrected chi connectivity index (χ2v) is 4.19. The lowest BCUT2D eigenvalue weighted by molar-refractivity contribution is 0.665. The van der Waals surface area contributed by atoms with Crippen molar-refractivity contribution in [2.24, 2.45) is 0 Å². The summed E-state index contributed by atoms with van der Waals surface area (Å²) in [5, 5.41) is 4.24. The highest BCUT2D eigenvalue weighted by atomic mass is 79.9. The normalized spacial score (nSPS) is 10.7. The van der Waals surface area contributed by atoms with Crippen LogP contribution in [0.15, 0.2) is 22.9 Å². The third-order valence-corrected chi connectivity index (χ3v) is 2.74. The van der Waals surface area contributed by atoms with E-state index < -0.39 is 0 Å². The van der Waals surface area contributed by atoms with E-state index in [-0.39, 0.29) is 0 Å². The van der Waals surface area contributed by atoms with Crippen LogP contribution in [0.4, 0.5) is 0 Å². The molecule has 0 fully saturated rings. The second kappa shape index (κ2) is 4.74. The maximum absolute atomic E-state index is 4.50. The first-order valence-electron chi connectivity index (χ1n) is 5.30. The fourth-order valence-corrected chi connectivity index (χ4v) is 1.98. The summed E-state index contributed by atoms with van der Waals surface area (Å²) in [7, 11) is 0. The molecule has 2 aromatic heterocycles. The van der Waals surface area contributed by atoms with E-state index in [1.807, 2.05) is 23.7 Å². The molecule has 2 rings (SSSR count). The van der Waals surface area contributed by atoms with E-state index in [2.05, 4.69) is 37.9 Å². The topological polar surface area (TPSA) is 43.6 Å². The molecule has 5 heteroatoms. The Morgan fingerprint density at radius 1 is 1.31 bits per heavy atom. The predicted octanol–water partition coefficient (Wildman–Crippen LogP) is 2.68. The van der Waals surface area contributed by atoms with Crippen LogP contribution >= 0.6 is 15.9 Å². The molecule has 2 aromatic rings. The molecule has 0 radical (unpaired) electrons. The van der Waals surface area contributed by atoms with E-state index in [1.54, 1.807) is 6.20 Å². The lowest BCUT2D eigenvalue weighted by Gasteiger charge is -2.05. The first-order valence-corrected chi connectivity index (χ1v) is 6.09. The molecule has 4 nitrogen and oxygen atoms in total. The maximum Gasteiger partial charge on any atom is 0.130 e. The Balaban J connectivity index is 2.51. The van der Waals surface area contributed by atoms with Crippen molar-refractivity contribution < 1.29 is 0 Å². The lowest BCUT2D eigenvalue weighted by atomic mass is 10.3. The summed E-state index contributed by atoms with van der Waals surface area (Å²) in [5.41, 5.74) is 1.94. The summed E-state index contributed by atoms with van der Waals surface area (Å²) in [4.78, 5) is 8.79. The van der Waals surface area contributed by atoms with Gasteiger partial charge in [-0.05, 0) is 35.0 Å². The molecule has 0 aliphatic rings. The molecule has 0 aliphatic heterocycles. The third kappa shape index (κ3) is 2.14. The van der Waals surface area contributed by atoms with Gasteiger partial charge in [-0.25, -0.2) is 9.97 Å². The monoisotopic (exact) mass is 280 g/mol. The summed E-state index contributed by atoms with van der Waals surface area (Å²) >= 11 is 3.41. The predicted molar refractivity (Wildman–Crippen MR) is 66.0 cm³/mol. The smallest absolute Gasteiger partial charge is 0.130 e. The Morgan fingerprint density at radius 3 is 2.81 bits per heavy atom. The van der Waals surface area contributed by atoms with Crippen molar-refractivity contribution in [2.45, 2.75) is 26.8 Å². The van der Waals surface area contributed by atoms with Crippen LogP contribution in [0.3, 0.4) is 0 Å². The van der Waals surface area contributed by atoms with Gasteiger partial charge in [0.05, 0.1) is 11.4 Å². The molecule has 84 valence electrons. The first-order chi connectivity index (χ1) is 7.74. The highest BCUT2D eigenvalue weighted by Gasteiger charge is 2.08. The molecule has 0 aliphatic carbocycles. The van der Waals surface area contributed by atoms with Crippen LogP contribution in [0.2, 0.25) is 0 Å². The molecule has 16 heavy (non-hydrogen) atoms. The van der Waals surface area contributed by atoms with Crippen molar-refractivity contribution in [1.82, 2.24) is 19.7 Å². The van der Waals surface area contributed by atoms with Crippen molar-refractivity contribution in [2.75, 3.05) is 0 Å². The summed E-state index contributed by atoms with van der Waals surface area (Å²) in [5.74, 6) is 0.841. The zero-order chi connectivity index (χ0) is 11.5. The molecule has 0 bridgehead atoms. The average Bonchev–Trinajstić information content (AvgIpc) is 2.76. The molecule has 0 unspecified atom stereocenters.